The largest absolute Gasteiger partial charge is 0.462 e. The third-order valence-corrected chi connectivity index (χ3v) is 10.3. The van der Waals surface area contributed by atoms with Crippen LogP contribution in [0.2, 0.25) is 0 Å². The molecule has 4 rings (SSSR count). The van der Waals surface area contributed by atoms with E-state index >= 15 is 0 Å². The van der Waals surface area contributed by atoms with Gasteiger partial charge in [0.2, 0.25) is 0 Å². The minimum absolute atomic E-state index is 0.00622. The Bertz CT molecular complexity index is 1210. The third-order valence-electron chi connectivity index (χ3n) is 10.3. The molecule has 0 aliphatic carbocycles. The van der Waals surface area contributed by atoms with Crippen LogP contribution in [0.4, 0.5) is 0 Å². The lowest BCUT2D eigenvalue weighted by molar-refractivity contribution is -0.952. The van der Waals surface area contributed by atoms with Crippen molar-refractivity contribution in [2.24, 2.45) is 17.8 Å². The van der Waals surface area contributed by atoms with E-state index in [0.29, 0.717) is 35.7 Å². The summed E-state index contributed by atoms with van der Waals surface area (Å²) >= 11 is 0. The van der Waals surface area contributed by atoms with E-state index in [-0.39, 0.29) is 72.9 Å². The molecule has 7 unspecified atom stereocenters. The van der Waals surface area contributed by atoms with Crippen molar-refractivity contribution in [3.8, 4) is 0 Å². The van der Waals surface area contributed by atoms with Crippen LogP contribution in [0.15, 0.2) is 60.7 Å². The molecule has 0 aromatic heterocycles. The fraction of sp³-hybridized carbons (Fsp3) is 0.650. The van der Waals surface area contributed by atoms with E-state index in [1.165, 1.54) is 0 Å². The maximum absolute atomic E-state index is 13.1. The van der Waals surface area contributed by atoms with E-state index < -0.39 is 0 Å². The summed E-state index contributed by atoms with van der Waals surface area (Å²) in [6.45, 7) is 17.9. The molecule has 0 spiro atoms. The van der Waals surface area contributed by atoms with Crippen molar-refractivity contribution >= 4 is 11.9 Å². The van der Waals surface area contributed by atoms with Crippen LogP contribution in [0, 0.1) is 17.8 Å². The van der Waals surface area contributed by atoms with Crippen LogP contribution in [0.3, 0.4) is 0 Å². The van der Waals surface area contributed by atoms with Crippen molar-refractivity contribution in [1.29, 1.82) is 0 Å². The summed E-state index contributed by atoms with van der Waals surface area (Å²) in [7, 11) is 4.30. The molecular weight excluding hydrogens is 604 g/mol. The number of nitrogens with zero attached hydrogens (tertiary/aromatic N) is 2. The molecule has 7 atom stereocenters. The van der Waals surface area contributed by atoms with Gasteiger partial charge in [0.05, 0.1) is 33.0 Å². The molecule has 0 amide bonds. The lowest BCUT2D eigenvalue weighted by Crippen LogP contribution is -2.62. The van der Waals surface area contributed by atoms with Gasteiger partial charge in [-0.1, -0.05) is 88.4 Å². The lowest BCUT2D eigenvalue weighted by Gasteiger charge is -2.51. The summed E-state index contributed by atoms with van der Waals surface area (Å²) in [5.74, 6) is 0.151. The molecule has 0 radical (unpaired) electrons. The van der Waals surface area contributed by atoms with E-state index in [1.807, 2.05) is 36.4 Å². The second-order valence-electron chi connectivity index (χ2n) is 16.0. The Hall–Kier alpha value is -2.78. The lowest BCUT2D eigenvalue weighted by atomic mass is 9.82. The number of carbonyl (C=O) groups excluding carboxylic acids is 2. The van der Waals surface area contributed by atoms with Gasteiger partial charge in [0.1, 0.15) is 18.8 Å². The molecule has 0 N–H and O–H groups in total. The van der Waals surface area contributed by atoms with Crippen LogP contribution in [-0.2, 0) is 28.6 Å². The van der Waals surface area contributed by atoms with Gasteiger partial charge < -0.3 is 18.7 Å². The number of likely N-dealkylation sites (N-methyl/N-ethyl adjacent to an activating group) is 1. The Morgan fingerprint density at radius 3 is 1.81 bits per heavy atom. The van der Waals surface area contributed by atoms with Crippen molar-refractivity contribution in [2.45, 2.75) is 130 Å². The first-order valence-electron chi connectivity index (χ1n) is 18.0. The molecule has 48 heavy (non-hydrogen) atoms. The minimum Gasteiger partial charge on any atom is -0.462 e. The molecule has 2 aliphatic rings. The van der Waals surface area contributed by atoms with Gasteiger partial charge in [0.25, 0.3) is 0 Å². The Kier molecular flexibility index (Phi) is 12.9. The highest BCUT2D eigenvalue weighted by Gasteiger charge is 2.48. The molecule has 0 bridgehead atoms. The van der Waals surface area contributed by atoms with Gasteiger partial charge in [-0.3, -0.25) is 14.4 Å². The second-order valence-corrected chi connectivity index (χ2v) is 16.0. The summed E-state index contributed by atoms with van der Waals surface area (Å²) in [6.07, 6.45) is 1.41. The molecule has 2 fully saturated rings. The molecule has 2 aromatic carbocycles. The normalized spacial score (nSPS) is 27.0. The van der Waals surface area contributed by atoms with Crippen molar-refractivity contribution in [3.05, 3.63) is 71.8 Å². The van der Waals surface area contributed by atoms with Crippen LogP contribution < -0.4 is 0 Å². The Labute approximate surface area is 289 Å². The SMILES string of the molecule is CC(OC1C(C(C)C)CC(OC(=O)CCC(=O)OC2CC(C(C)C)N(OC(C)c3ccccc3)C(C)(C)C2)C[N+]1(C)C)c1ccccc1. The number of hydrogen-bond donors (Lipinski definition) is 0. The second kappa shape index (κ2) is 16.3. The first-order chi connectivity index (χ1) is 22.6. The Morgan fingerprint density at radius 2 is 1.29 bits per heavy atom. The van der Waals surface area contributed by atoms with Gasteiger partial charge >= 0.3 is 11.9 Å². The molecule has 8 nitrogen and oxygen atoms in total. The van der Waals surface area contributed by atoms with Crippen molar-refractivity contribution in [1.82, 2.24) is 5.06 Å². The van der Waals surface area contributed by atoms with Crippen LogP contribution in [0.25, 0.3) is 0 Å². The van der Waals surface area contributed by atoms with E-state index in [4.69, 9.17) is 19.0 Å². The first-order valence-corrected chi connectivity index (χ1v) is 18.0. The number of likely N-dealkylation sites (tertiary alicyclic amines) is 1. The van der Waals surface area contributed by atoms with Gasteiger partial charge in [0.15, 0.2) is 12.3 Å². The molecule has 8 heteroatoms. The number of rotatable bonds is 13. The number of esters is 2. The van der Waals surface area contributed by atoms with Gasteiger partial charge in [-0.25, -0.2) is 0 Å². The number of carbonyl (C=O) groups is 2. The molecule has 0 saturated carbocycles. The van der Waals surface area contributed by atoms with Crippen molar-refractivity contribution < 1.29 is 33.1 Å². The van der Waals surface area contributed by atoms with Crippen LogP contribution in [-0.4, -0.2) is 72.1 Å². The third kappa shape index (κ3) is 9.90. The highest BCUT2D eigenvalue weighted by Crippen LogP contribution is 2.40. The summed E-state index contributed by atoms with van der Waals surface area (Å²) < 4.78 is 19.3. The number of quaternary nitrogens is 1. The van der Waals surface area contributed by atoms with E-state index in [2.05, 4.69) is 98.8 Å². The zero-order valence-corrected chi connectivity index (χ0v) is 31.1. The fourth-order valence-electron chi connectivity index (χ4n) is 7.65. The molecule has 2 aliphatic heterocycles. The van der Waals surface area contributed by atoms with E-state index in [9.17, 15) is 9.59 Å². The summed E-state index contributed by atoms with van der Waals surface area (Å²) in [5.41, 5.74) is 1.93. The standard InChI is InChI=1S/C40H61N2O6/c1-27(2)35-23-34(26-42(9,10)39(35)45-29(5)31-17-13-11-14-18-31)47-38(44)22-21-37(43)46-33-24-36(28(3)4)41(40(7,8)25-33)48-30(6)32-19-15-12-16-20-32/h11-20,27-30,33-36,39H,21-26H2,1-10H3/q+1. The summed E-state index contributed by atoms with van der Waals surface area (Å²) in [5, 5.41) is 2.13. The number of ether oxygens (including phenoxy) is 3. The molecule has 2 saturated heterocycles. The zero-order chi connectivity index (χ0) is 35.2. The molecular formula is C40H61N2O6+. The Balaban J connectivity index is 1.29. The molecule has 266 valence electrons. The number of hydroxylamine groups is 2. The molecule has 2 aromatic rings. The quantitative estimate of drug-likeness (QED) is 0.158. The Morgan fingerprint density at radius 1 is 0.771 bits per heavy atom. The average Bonchev–Trinajstić information content (AvgIpc) is 3.02. The fourth-order valence-corrected chi connectivity index (χ4v) is 7.65. The highest BCUT2D eigenvalue weighted by molar-refractivity contribution is 5.77. The van der Waals surface area contributed by atoms with Gasteiger partial charge in [-0.05, 0) is 50.7 Å². The van der Waals surface area contributed by atoms with Crippen molar-refractivity contribution in [3.63, 3.8) is 0 Å². The zero-order valence-electron chi connectivity index (χ0n) is 31.1. The summed E-state index contributed by atoms with van der Waals surface area (Å²) in [4.78, 5) is 32.7. The maximum Gasteiger partial charge on any atom is 0.306 e. The van der Waals surface area contributed by atoms with Gasteiger partial charge in [-0.15, -0.1) is 0 Å². The van der Waals surface area contributed by atoms with Gasteiger partial charge in [0, 0.05) is 36.8 Å². The van der Waals surface area contributed by atoms with E-state index in [1.54, 1.807) is 0 Å². The first kappa shape index (κ1) is 38.0. The maximum atomic E-state index is 13.1. The number of hydrogen-bond acceptors (Lipinski definition) is 7. The monoisotopic (exact) mass is 665 g/mol. The van der Waals surface area contributed by atoms with Crippen LogP contribution in [0.1, 0.15) is 111 Å². The molecule has 2 heterocycles. The number of benzene rings is 2. The topological polar surface area (TPSA) is 74.3 Å². The predicted octanol–water partition coefficient (Wildman–Crippen LogP) is 8.04. The van der Waals surface area contributed by atoms with Crippen LogP contribution in [0.5, 0.6) is 0 Å². The van der Waals surface area contributed by atoms with Gasteiger partial charge in [-0.2, -0.15) is 5.06 Å². The summed E-state index contributed by atoms with van der Waals surface area (Å²) in [6, 6.07) is 20.6. The highest BCUT2D eigenvalue weighted by atomic mass is 16.7. The van der Waals surface area contributed by atoms with E-state index in [0.717, 1.165) is 17.5 Å². The minimum atomic E-state index is -0.356. The average molecular weight is 666 g/mol. The van der Waals surface area contributed by atoms with Crippen molar-refractivity contribution in [2.75, 3.05) is 20.6 Å². The predicted molar refractivity (Wildman–Crippen MR) is 188 cm³/mol. The van der Waals surface area contributed by atoms with Crippen LogP contribution >= 0.6 is 0 Å². The number of piperidine rings is 2. The smallest absolute Gasteiger partial charge is 0.306 e.